The van der Waals surface area contributed by atoms with E-state index in [0.29, 0.717) is 44.0 Å². The number of anilines is 2. The number of piperazine rings is 1. The van der Waals surface area contributed by atoms with Gasteiger partial charge >= 0.3 is 0 Å². The Balaban J connectivity index is 1.40. The van der Waals surface area contributed by atoms with Gasteiger partial charge in [-0.05, 0) is 36.8 Å². The summed E-state index contributed by atoms with van der Waals surface area (Å²) < 4.78 is 5.42. The number of amides is 2. The Morgan fingerprint density at radius 1 is 1.19 bits per heavy atom. The number of benzene rings is 1. The van der Waals surface area contributed by atoms with Crippen molar-refractivity contribution >= 4 is 23.3 Å². The molecule has 2 aliphatic heterocycles. The van der Waals surface area contributed by atoms with Crippen LogP contribution < -0.4 is 14.5 Å². The molecule has 2 aliphatic rings. The highest BCUT2D eigenvalue weighted by Crippen LogP contribution is 2.34. The third kappa shape index (κ3) is 4.17. The van der Waals surface area contributed by atoms with E-state index >= 15 is 0 Å². The molecule has 2 saturated heterocycles. The van der Waals surface area contributed by atoms with Crippen LogP contribution in [0, 0.1) is 24.2 Å². The Morgan fingerprint density at radius 2 is 1.97 bits per heavy atom. The summed E-state index contributed by atoms with van der Waals surface area (Å²) in [4.78, 5) is 35.8. The minimum absolute atomic E-state index is 0.0147. The van der Waals surface area contributed by atoms with Crippen molar-refractivity contribution in [3.05, 3.63) is 47.7 Å². The second kappa shape index (κ2) is 8.64. The molecule has 160 valence electrons. The molecule has 3 heterocycles. The molecule has 0 N–H and O–H groups in total. The average molecular weight is 419 g/mol. The van der Waals surface area contributed by atoms with Crippen molar-refractivity contribution in [2.24, 2.45) is 5.92 Å². The average Bonchev–Trinajstić information content (AvgIpc) is 3.20. The van der Waals surface area contributed by atoms with Gasteiger partial charge < -0.3 is 19.4 Å². The van der Waals surface area contributed by atoms with Crippen molar-refractivity contribution < 1.29 is 14.3 Å². The molecule has 0 bridgehead atoms. The third-order valence-corrected chi connectivity index (χ3v) is 5.89. The lowest BCUT2D eigenvalue weighted by molar-refractivity contribution is -0.136. The number of hydrogen-bond donors (Lipinski definition) is 0. The second-order valence-corrected chi connectivity index (χ2v) is 7.91. The summed E-state index contributed by atoms with van der Waals surface area (Å²) in [5.74, 6) is 0.983. The number of methoxy groups -OCH3 is 1. The van der Waals surface area contributed by atoms with E-state index in [9.17, 15) is 9.59 Å². The number of aromatic nitrogens is 1. The largest absolute Gasteiger partial charge is 0.495 e. The van der Waals surface area contributed by atoms with E-state index in [1.807, 2.05) is 30.0 Å². The van der Waals surface area contributed by atoms with Gasteiger partial charge in [0.2, 0.25) is 11.8 Å². The maximum atomic E-state index is 13.1. The van der Waals surface area contributed by atoms with Gasteiger partial charge in [-0.15, -0.1) is 0 Å². The summed E-state index contributed by atoms with van der Waals surface area (Å²) in [5, 5.41) is 9.08. The molecule has 4 rings (SSSR count). The molecule has 8 nitrogen and oxygen atoms in total. The predicted octanol–water partition coefficient (Wildman–Crippen LogP) is 1.97. The van der Waals surface area contributed by atoms with Crippen LogP contribution in [0.3, 0.4) is 0 Å². The van der Waals surface area contributed by atoms with Crippen LogP contribution in [0.5, 0.6) is 5.75 Å². The topological polar surface area (TPSA) is 89.8 Å². The Hall–Kier alpha value is -3.60. The van der Waals surface area contributed by atoms with Crippen LogP contribution in [0.25, 0.3) is 0 Å². The summed E-state index contributed by atoms with van der Waals surface area (Å²) in [6.07, 6.45) is 1.84. The van der Waals surface area contributed by atoms with E-state index in [2.05, 4.69) is 16.0 Å². The number of carbonyl (C=O) groups is 2. The molecule has 1 unspecified atom stereocenters. The zero-order valence-electron chi connectivity index (χ0n) is 17.7. The molecular weight excluding hydrogens is 394 g/mol. The third-order valence-electron chi connectivity index (χ3n) is 5.89. The van der Waals surface area contributed by atoms with Crippen LogP contribution in [-0.4, -0.2) is 61.5 Å². The molecule has 8 heteroatoms. The van der Waals surface area contributed by atoms with Crippen LogP contribution in [0.2, 0.25) is 0 Å². The fourth-order valence-electron chi connectivity index (χ4n) is 4.19. The number of ether oxygens (including phenoxy) is 1. The van der Waals surface area contributed by atoms with Gasteiger partial charge in [-0.3, -0.25) is 9.59 Å². The smallest absolute Gasteiger partial charge is 0.228 e. The maximum absolute atomic E-state index is 13.1. The lowest BCUT2D eigenvalue weighted by Gasteiger charge is -2.36. The summed E-state index contributed by atoms with van der Waals surface area (Å²) in [7, 11) is 1.58. The van der Waals surface area contributed by atoms with Gasteiger partial charge in [0.25, 0.3) is 0 Å². The molecular formula is C23H25N5O3. The van der Waals surface area contributed by atoms with Crippen LogP contribution in [0.4, 0.5) is 11.5 Å². The number of nitrogens with zero attached hydrogens (tertiary/aromatic N) is 5. The van der Waals surface area contributed by atoms with Gasteiger partial charge in [0, 0.05) is 45.3 Å². The molecule has 2 aromatic rings. The van der Waals surface area contributed by atoms with Crippen molar-refractivity contribution in [3.8, 4) is 11.8 Å². The van der Waals surface area contributed by atoms with E-state index in [4.69, 9.17) is 10.00 Å². The SMILES string of the molecule is COc1ccc(C)cc1N1CC(C(=O)N2CCN(c3cc(C#N)ccn3)CC2)CC1=O. The highest BCUT2D eigenvalue weighted by atomic mass is 16.5. The normalized spacial score (nSPS) is 18.8. The molecule has 2 amide bonds. The van der Waals surface area contributed by atoms with Crippen molar-refractivity contribution in [2.45, 2.75) is 13.3 Å². The molecule has 0 spiro atoms. The molecule has 0 saturated carbocycles. The summed E-state index contributed by atoms with van der Waals surface area (Å²) in [5.41, 5.74) is 2.32. The minimum atomic E-state index is -0.357. The van der Waals surface area contributed by atoms with E-state index < -0.39 is 0 Å². The second-order valence-electron chi connectivity index (χ2n) is 7.91. The minimum Gasteiger partial charge on any atom is -0.495 e. The Kier molecular flexibility index (Phi) is 5.76. The zero-order chi connectivity index (χ0) is 22.0. The van der Waals surface area contributed by atoms with Gasteiger partial charge in [-0.1, -0.05) is 6.07 Å². The van der Waals surface area contributed by atoms with Gasteiger partial charge in [-0.2, -0.15) is 5.26 Å². The number of aryl methyl sites for hydroxylation is 1. The summed E-state index contributed by atoms with van der Waals surface area (Å²) in [6.45, 7) is 4.75. The number of hydrogen-bond acceptors (Lipinski definition) is 6. The van der Waals surface area contributed by atoms with E-state index in [1.165, 1.54) is 0 Å². The zero-order valence-corrected chi connectivity index (χ0v) is 17.7. The van der Waals surface area contributed by atoms with Crippen LogP contribution in [-0.2, 0) is 9.59 Å². The Morgan fingerprint density at radius 3 is 2.68 bits per heavy atom. The molecule has 1 aromatic carbocycles. The van der Waals surface area contributed by atoms with Crippen LogP contribution >= 0.6 is 0 Å². The lowest BCUT2D eigenvalue weighted by atomic mass is 10.1. The van der Waals surface area contributed by atoms with Crippen LogP contribution in [0.1, 0.15) is 17.5 Å². The van der Waals surface area contributed by atoms with Gasteiger partial charge in [-0.25, -0.2) is 4.98 Å². The summed E-state index contributed by atoms with van der Waals surface area (Å²) >= 11 is 0. The van der Waals surface area contributed by atoms with Crippen molar-refractivity contribution in [2.75, 3.05) is 49.6 Å². The van der Waals surface area contributed by atoms with Gasteiger partial charge in [0.05, 0.1) is 30.3 Å². The Bertz CT molecular complexity index is 1040. The number of rotatable bonds is 4. The van der Waals surface area contributed by atoms with Crippen molar-refractivity contribution in [1.82, 2.24) is 9.88 Å². The fraction of sp³-hybridized carbons (Fsp3) is 0.391. The first kappa shape index (κ1) is 20.7. The molecule has 0 radical (unpaired) electrons. The van der Waals surface area contributed by atoms with E-state index in [1.54, 1.807) is 30.3 Å². The van der Waals surface area contributed by atoms with E-state index in [0.717, 1.165) is 17.1 Å². The summed E-state index contributed by atoms with van der Waals surface area (Å²) in [6, 6.07) is 11.3. The molecule has 0 aliphatic carbocycles. The van der Waals surface area contributed by atoms with Gasteiger partial charge in [0.15, 0.2) is 0 Å². The Labute approximate surface area is 181 Å². The number of pyridine rings is 1. The number of carbonyl (C=O) groups excluding carboxylic acids is 2. The molecule has 1 aromatic heterocycles. The molecule has 31 heavy (non-hydrogen) atoms. The molecule has 1 atom stereocenters. The lowest BCUT2D eigenvalue weighted by Crippen LogP contribution is -2.51. The number of nitriles is 1. The standard InChI is InChI=1S/C23H25N5O3/c1-16-3-4-20(31-2)19(11-16)28-15-18(13-22(28)29)23(30)27-9-7-26(8-10-27)21-12-17(14-24)5-6-25-21/h3-6,11-12,18H,7-10,13,15H2,1-2H3. The highest BCUT2D eigenvalue weighted by molar-refractivity contribution is 6.01. The first-order valence-electron chi connectivity index (χ1n) is 10.3. The monoisotopic (exact) mass is 419 g/mol. The first-order chi connectivity index (χ1) is 15.0. The van der Waals surface area contributed by atoms with Gasteiger partial charge in [0.1, 0.15) is 11.6 Å². The molecule has 2 fully saturated rings. The predicted molar refractivity (Wildman–Crippen MR) is 116 cm³/mol. The van der Waals surface area contributed by atoms with Crippen molar-refractivity contribution in [1.29, 1.82) is 5.26 Å². The first-order valence-corrected chi connectivity index (χ1v) is 10.3. The highest BCUT2D eigenvalue weighted by Gasteiger charge is 2.39. The van der Waals surface area contributed by atoms with Crippen molar-refractivity contribution in [3.63, 3.8) is 0 Å². The van der Waals surface area contributed by atoms with E-state index in [-0.39, 0.29) is 24.2 Å². The maximum Gasteiger partial charge on any atom is 0.228 e. The van der Waals surface area contributed by atoms with Crippen LogP contribution in [0.15, 0.2) is 36.5 Å². The fourth-order valence-corrected chi connectivity index (χ4v) is 4.19. The quantitative estimate of drug-likeness (QED) is 0.753.